The maximum atomic E-state index is 12.8. The van der Waals surface area contributed by atoms with E-state index in [0.717, 1.165) is 44.5 Å². The number of aryl methyl sites for hydroxylation is 1. The summed E-state index contributed by atoms with van der Waals surface area (Å²) in [7, 11) is 1.64. The summed E-state index contributed by atoms with van der Waals surface area (Å²) in [5.41, 5.74) is 1.16. The number of rotatable bonds is 5. The van der Waals surface area contributed by atoms with Crippen molar-refractivity contribution in [3.05, 3.63) is 39.9 Å². The lowest BCUT2D eigenvalue weighted by Gasteiger charge is -2.16. The molecule has 0 atom stereocenters. The summed E-state index contributed by atoms with van der Waals surface area (Å²) in [5, 5.41) is 3.45. The zero-order valence-electron chi connectivity index (χ0n) is 14.7. The minimum Gasteiger partial charge on any atom is -0.385 e. The standard InChI is InChI=1S/C19H25N3O3/c1-25-12-6-10-20-18(23)14-8-9-15-16(13-14)21-17-7-4-2-3-5-11-22(17)19(15)24/h8-9,13H,2-7,10-12H2,1H3,(H,20,23). The Hall–Kier alpha value is -2.21. The summed E-state index contributed by atoms with van der Waals surface area (Å²) in [6.07, 6.45) is 5.99. The second kappa shape index (κ2) is 8.25. The Morgan fingerprint density at radius 3 is 2.96 bits per heavy atom. The van der Waals surface area contributed by atoms with Gasteiger partial charge in [-0.05, 0) is 37.5 Å². The first-order chi connectivity index (χ1) is 12.2. The van der Waals surface area contributed by atoms with Crippen LogP contribution < -0.4 is 10.9 Å². The van der Waals surface area contributed by atoms with E-state index in [4.69, 9.17) is 9.72 Å². The molecule has 0 spiro atoms. The summed E-state index contributed by atoms with van der Waals surface area (Å²) < 4.78 is 6.79. The Morgan fingerprint density at radius 2 is 2.12 bits per heavy atom. The first kappa shape index (κ1) is 17.6. The van der Waals surface area contributed by atoms with Gasteiger partial charge in [-0.3, -0.25) is 14.2 Å². The lowest BCUT2D eigenvalue weighted by atomic mass is 10.1. The Morgan fingerprint density at radius 1 is 1.28 bits per heavy atom. The number of amides is 1. The van der Waals surface area contributed by atoms with Crippen molar-refractivity contribution in [1.29, 1.82) is 0 Å². The smallest absolute Gasteiger partial charge is 0.261 e. The molecular formula is C19H25N3O3. The molecule has 134 valence electrons. The lowest BCUT2D eigenvalue weighted by molar-refractivity contribution is 0.0948. The van der Waals surface area contributed by atoms with Crippen LogP contribution in [0.15, 0.2) is 23.0 Å². The van der Waals surface area contributed by atoms with Crippen LogP contribution in [0.1, 0.15) is 48.3 Å². The van der Waals surface area contributed by atoms with Gasteiger partial charge >= 0.3 is 0 Å². The van der Waals surface area contributed by atoms with E-state index in [0.29, 0.717) is 29.6 Å². The van der Waals surface area contributed by atoms with Gasteiger partial charge in [0.1, 0.15) is 5.82 Å². The van der Waals surface area contributed by atoms with E-state index < -0.39 is 0 Å². The van der Waals surface area contributed by atoms with Crippen LogP contribution in [-0.2, 0) is 17.7 Å². The molecule has 25 heavy (non-hydrogen) atoms. The highest BCUT2D eigenvalue weighted by molar-refractivity contribution is 5.97. The predicted octanol–water partition coefficient (Wildman–Crippen LogP) is 2.28. The minimum atomic E-state index is -0.147. The Labute approximate surface area is 147 Å². The van der Waals surface area contributed by atoms with E-state index in [-0.39, 0.29) is 11.5 Å². The second-order valence-corrected chi connectivity index (χ2v) is 6.48. The number of nitrogens with zero attached hydrogens (tertiary/aromatic N) is 2. The first-order valence-corrected chi connectivity index (χ1v) is 9.01. The molecule has 0 fully saturated rings. The predicted molar refractivity (Wildman–Crippen MR) is 97.0 cm³/mol. The van der Waals surface area contributed by atoms with Crippen molar-refractivity contribution in [2.24, 2.45) is 0 Å². The molecule has 0 bridgehead atoms. The third kappa shape index (κ3) is 4.07. The van der Waals surface area contributed by atoms with Gasteiger partial charge in [0.05, 0.1) is 10.9 Å². The number of nitrogens with one attached hydrogen (secondary N) is 1. The Balaban J connectivity index is 1.88. The molecule has 2 heterocycles. The first-order valence-electron chi connectivity index (χ1n) is 9.01. The fourth-order valence-corrected chi connectivity index (χ4v) is 3.26. The van der Waals surface area contributed by atoms with Crippen LogP contribution in [0.3, 0.4) is 0 Å². The number of benzene rings is 1. The normalized spacial score (nSPS) is 14.6. The van der Waals surface area contributed by atoms with Crippen LogP contribution in [-0.4, -0.2) is 35.7 Å². The molecule has 0 aliphatic carbocycles. The highest BCUT2D eigenvalue weighted by Crippen LogP contribution is 2.16. The molecule has 1 aromatic carbocycles. The molecule has 6 heteroatoms. The fraction of sp³-hybridized carbons (Fsp3) is 0.526. The summed E-state index contributed by atoms with van der Waals surface area (Å²) in [5.74, 6) is 0.696. The summed E-state index contributed by atoms with van der Waals surface area (Å²) in [4.78, 5) is 29.7. The summed E-state index contributed by atoms with van der Waals surface area (Å²) in [6.45, 7) is 1.91. The van der Waals surface area contributed by atoms with E-state index in [2.05, 4.69) is 5.32 Å². The van der Waals surface area contributed by atoms with Crippen LogP contribution in [0.4, 0.5) is 0 Å². The van der Waals surface area contributed by atoms with Crippen LogP contribution in [0.2, 0.25) is 0 Å². The molecule has 0 unspecified atom stereocenters. The van der Waals surface area contributed by atoms with Crippen molar-refractivity contribution in [1.82, 2.24) is 14.9 Å². The SMILES string of the molecule is COCCCNC(=O)c1ccc2c(=O)n3c(nc2c1)CCCCCC3. The molecule has 1 amide bonds. The zero-order valence-corrected chi connectivity index (χ0v) is 14.7. The quantitative estimate of drug-likeness (QED) is 0.845. The number of carbonyl (C=O) groups is 1. The molecule has 1 aromatic heterocycles. The number of ether oxygens (including phenoxy) is 1. The number of aromatic nitrogens is 2. The number of hydrogen-bond acceptors (Lipinski definition) is 4. The Kier molecular flexibility index (Phi) is 5.81. The number of methoxy groups -OCH3 is 1. The summed E-state index contributed by atoms with van der Waals surface area (Å²) in [6, 6.07) is 5.15. The average molecular weight is 343 g/mol. The number of hydrogen-bond donors (Lipinski definition) is 1. The van der Waals surface area contributed by atoms with Gasteiger partial charge in [-0.2, -0.15) is 0 Å². The highest BCUT2D eigenvalue weighted by Gasteiger charge is 2.14. The number of fused-ring (bicyclic) bond motifs is 2. The summed E-state index contributed by atoms with van der Waals surface area (Å²) >= 11 is 0. The van der Waals surface area contributed by atoms with Crippen molar-refractivity contribution in [3.8, 4) is 0 Å². The maximum absolute atomic E-state index is 12.8. The lowest BCUT2D eigenvalue weighted by Crippen LogP contribution is -2.27. The minimum absolute atomic E-state index is 0.00829. The van der Waals surface area contributed by atoms with Gasteiger partial charge in [0.15, 0.2) is 0 Å². The van der Waals surface area contributed by atoms with E-state index in [1.165, 1.54) is 6.42 Å². The molecule has 1 N–H and O–H groups in total. The third-order valence-electron chi connectivity index (χ3n) is 4.64. The molecular weight excluding hydrogens is 318 g/mol. The average Bonchev–Trinajstić information content (AvgIpc) is 2.60. The zero-order chi connectivity index (χ0) is 17.6. The molecule has 1 aliphatic rings. The Bertz CT molecular complexity index is 813. The van der Waals surface area contributed by atoms with Gasteiger partial charge in [0.25, 0.3) is 11.5 Å². The van der Waals surface area contributed by atoms with Gasteiger partial charge in [-0.1, -0.05) is 12.8 Å². The van der Waals surface area contributed by atoms with Crippen molar-refractivity contribution >= 4 is 16.8 Å². The molecule has 2 aromatic rings. The van der Waals surface area contributed by atoms with E-state index in [1.54, 1.807) is 25.3 Å². The largest absolute Gasteiger partial charge is 0.385 e. The van der Waals surface area contributed by atoms with Crippen molar-refractivity contribution in [2.75, 3.05) is 20.3 Å². The highest BCUT2D eigenvalue weighted by atomic mass is 16.5. The monoisotopic (exact) mass is 343 g/mol. The number of carbonyl (C=O) groups excluding carboxylic acids is 1. The molecule has 6 nitrogen and oxygen atoms in total. The van der Waals surface area contributed by atoms with Crippen LogP contribution in [0.5, 0.6) is 0 Å². The van der Waals surface area contributed by atoms with E-state index >= 15 is 0 Å². The molecule has 1 aliphatic heterocycles. The van der Waals surface area contributed by atoms with Gasteiger partial charge < -0.3 is 10.1 Å². The van der Waals surface area contributed by atoms with E-state index in [9.17, 15) is 9.59 Å². The van der Waals surface area contributed by atoms with Crippen molar-refractivity contribution in [2.45, 2.75) is 45.1 Å². The van der Waals surface area contributed by atoms with Crippen LogP contribution >= 0.6 is 0 Å². The maximum Gasteiger partial charge on any atom is 0.261 e. The van der Waals surface area contributed by atoms with Crippen LogP contribution in [0.25, 0.3) is 10.9 Å². The van der Waals surface area contributed by atoms with E-state index in [1.807, 2.05) is 4.57 Å². The second-order valence-electron chi connectivity index (χ2n) is 6.48. The molecule has 3 rings (SSSR count). The van der Waals surface area contributed by atoms with Gasteiger partial charge in [-0.15, -0.1) is 0 Å². The van der Waals surface area contributed by atoms with Crippen LogP contribution in [0, 0.1) is 0 Å². The van der Waals surface area contributed by atoms with Crippen molar-refractivity contribution < 1.29 is 9.53 Å². The van der Waals surface area contributed by atoms with Gasteiger partial charge in [0.2, 0.25) is 0 Å². The van der Waals surface area contributed by atoms with Gasteiger partial charge in [0, 0.05) is 38.8 Å². The molecule has 0 radical (unpaired) electrons. The fourth-order valence-electron chi connectivity index (χ4n) is 3.26. The third-order valence-corrected chi connectivity index (χ3v) is 4.64. The van der Waals surface area contributed by atoms with Crippen molar-refractivity contribution in [3.63, 3.8) is 0 Å². The molecule has 0 saturated carbocycles. The molecule has 0 saturated heterocycles. The van der Waals surface area contributed by atoms with Gasteiger partial charge in [-0.25, -0.2) is 4.98 Å². The topological polar surface area (TPSA) is 73.2 Å².